The summed E-state index contributed by atoms with van der Waals surface area (Å²) >= 11 is 4.83. The number of hydrogen-bond donors (Lipinski definition) is 2. The van der Waals surface area contributed by atoms with Crippen molar-refractivity contribution in [2.75, 3.05) is 11.6 Å². The van der Waals surface area contributed by atoms with E-state index in [-0.39, 0.29) is 5.33 Å². The third-order valence-electron chi connectivity index (χ3n) is 2.93. The van der Waals surface area contributed by atoms with E-state index in [2.05, 4.69) is 15.9 Å². The van der Waals surface area contributed by atoms with Gasteiger partial charge in [0.05, 0.1) is 0 Å². The van der Waals surface area contributed by atoms with Crippen LogP contribution in [0, 0.1) is 5.92 Å². The number of aliphatic hydroxyl groups is 1. The van der Waals surface area contributed by atoms with Gasteiger partial charge in [-0.05, 0) is 44.7 Å². The molecule has 4 nitrogen and oxygen atoms in total. The van der Waals surface area contributed by atoms with Crippen LogP contribution in [-0.4, -0.2) is 28.3 Å². The summed E-state index contributed by atoms with van der Waals surface area (Å²) in [6.45, 7) is 5.33. The van der Waals surface area contributed by atoms with Gasteiger partial charge in [0, 0.05) is 10.2 Å². The molecule has 0 radical (unpaired) electrons. The SMILES string of the molecule is CSc1ccc([C@@](N)(O)[C@@H](CBr)C(=O)OC(C)(C)C)cc1. The van der Waals surface area contributed by atoms with Crippen molar-refractivity contribution in [1.29, 1.82) is 0 Å². The molecule has 21 heavy (non-hydrogen) atoms. The zero-order valence-electron chi connectivity index (χ0n) is 12.7. The van der Waals surface area contributed by atoms with Crippen molar-refractivity contribution < 1.29 is 14.6 Å². The van der Waals surface area contributed by atoms with Gasteiger partial charge >= 0.3 is 5.97 Å². The van der Waals surface area contributed by atoms with Crippen LogP contribution < -0.4 is 5.73 Å². The van der Waals surface area contributed by atoms with Crippen molar-refractivity contribution in [2.45, 2.75) is 37.0 Å². The van der Waals surface area contributed by atoms with Crippen LogP contribution in [0.2, 0.25) is 0 Å². The Labute approximate surface area is 138 Å². The molecule has 0 aliphatic carbocycles. The van der Waals surface area contributed by atoms with E-state index in [4.69, 9.17) is 10.5 Å². The Bertz CT molecular complexity index is 483. The monoisotopic (exact) mass is 375 g/mol. The molecule has 0 spiro atoms. The Morgan fingerprint density at radius 2 is 1.90 bits per heavy atom. The molecule has 6 heteroatoms. The van der Waals surface area contributed by atoms with E-state index >= 15 is 0 Å². The van der Waals surface area contributed by atoms with Gasteiger partial charge in [-0.25, -0.2) is 0 Å². The minimum Gasteiger partial charge on any atom is -0.460 e. The lowest BCUT2D eigenvalue weighted by Gasteiger charge is -2.32. The fourth-order valence-electron chi connectivity index (χ4n) is 1.79. The molecule has 2 atom stereocenters. The molecule has 118 valence electrons. The van der Waals surface area contributed by atoms with Gasteiger partial charge in [-0.3, -0.25) is 10.5 Å². The van der Waals surface area contributed by atoms with Crippen molar-refractivity contribution in [3.05, 3.63) is 29.8 Å². The lowest BCUT2D eigenvalue weighted by molar-refractivity contribution is -0.169. The molecule has 0 aliphatic heterocycles. The molecule has 0 fully saturated rings. The highest BCUT2D eigenvalue weighted by molar-refractivity contribution is 9.09. The van der Waals surface area contributed by atoms with Crippen LogP contribution >= 0.6 is 27.7 Å². The average molecular weight is 376 g/mol. The minimum absolute atomic E-state index is 0.208. The molecule has 0 amide bonds. The summed E-state index contributed by atoms with van der Waals surface area (Å²) in [5.74, 6) is -1.42. The van der Waals surface area contributed by atoms with Crippen molar-refractivity contribution in [1.82, 2.24) is 0 Å². The van der Waals surface area contributed by atoms with Gasteiger partial charge in [0.1, 0.15) is 11.5 Å². The molecule has 0 bridgehead atoms. The lowest BCUT2D eigenvalue weighted by Crippen LogP contribution is -2.50. The van der Waals surface area contributed by atoms with E-state index in [1.807, 2.05) is 18.4 Å². The largest absolute Gasteiger partial charge is 0.460 e. The highest BCUT2D eigenvalue weighted by Crippen LogP contribution is 2.29. The molecule has 0 unspecified atom stereocenters. The number of carbonyl (C=O) groups is 1. The van der Waals surface area contributed by atoms with Crippen molar-refractivity contribution in [2.24, 2.45) is 11.7 Å². The number of nitrogens with two attached hydrogens (primary N) is 1. The molecular weight excluding hydrogens is 354 g/mol. The molecule has 0 saturated heterocycles. The van der Waals surface area contributed by atoms with Crippen LogP contribution in [0.25, 0.3) is 0 Å². The number of ether oxygens (including phenoxy) is 1. The summed E-state index contributed by atoms with van der Waals surface area (Å²) in [5.41, 5.74) is 4.09. The molecular formula is C15H22BrNO3S. The van der Waals surface area contributed by atoms with Gasteiger partial charge in [-0.2, -0.15) is 0 Å². The maximum absolute atomic E-state index is 12.2. The van der Waals surface area contributed by atoms with Crippen LogP contribution in [0.5, 0.6) is 0 Å². The second-order valence-corrected chi connectivity index (χ2v) is 7.32. The standard InChI is InChI=1S/C15H22BrNO3S/c1-14(2,3)20-13(18)12(9-16)15(17,19)10-5-7-11(21-4)8-6-10/h5-8,12,19H,9,17H2,1-4H3/t12-,15+/m0/s1. The predicted octanol–water partition coefficient (Wildman–Crippen LogP) is 2.87. The van der Waals surface area contributed by atoms with Gasteiger partial charge in [0.2, 0.25) is 0 Å². The van der Waals surface area contributed by atoms with Gasteiger partial charge in [0.25, 0.3) is 0 Å². The number of rotatable bonds is 5. The Morgan fingerprint density at radius 1 is 1.38 bits per heavy atom. The summed E-state index contributed by atoms with van der Waals surface area (Å²) in [5, 5.41) is 10.8. The molecule has 1 aromatic carbocycles. The maximum Gasteiger partial charge on any atom is 0.315 e. The van der Waals surface area contributed by atoms with E-state index in [1.165, 1.54) is 0 Å². The number of carbonyl (C=O) groups excluding carboxylic acids is 1. The third kappa shape index (κ3) is 4.98. The Kier molecular flexibility index (Phi) is 6.28. The van der Waals surface area contributed by atoms with Gasteiger partial charge in [-0.15, -0.1) is 11.8 Å². The van der Waals surface area contributed by atoms with Crippen molar-refractivity contribution >= 4 is 33.7 Å². The highest BCUT2D eigenvalue weighted by Gasteiger charge is 2.41. The summed E-state index contributed by atoms with van der Waals surface area (Å²) < 4.78 is 5.33. The first kappa shape index (κ1) is 18.5. The number of benzene rings is 1. The lowest BCUT2D eigenvalue weighted by atomic mass is 9.91. The van der Waals surface area contributed by atoms with E-state index in [0.29, 0.717) is 5.56 Å². The van der Waals surface area contributed by atoms with E-state index in [1.54, 1.807) is 44.7 Å². The van der Waals surface area contributed by atoms with Gasteiger partial charge in [-0.1, -0.05) is 28.1 Å². The molecule has 0 aliphatic rings. The van der Waals surface area contributed by atoms with Gasteiger partial charge < -0.3 is 9.84 Å². The second-order valence-electron chi connectivity index (χ2n) is 5.79. The molecule has 0 heterocycles. The van der Waals surface area contributed by atoms with E-state index in [0.717, 1.165) is 4.90 Å². The third-order valence-corrected chi connectivity index (χ3v) is 4.32. The number of esters is 1. The van der Waals surface area contributed by atoms with Crippen LogP contribution in [-0.2, 0) is 15.3 Å². The quantitative estimate of drug-likeness (QED) is 0.358. The van der Waals surface area contributed by atoms with Crippen LogP contribution in [0.1, 0.15) is 26.3 Å². The topological polar surface area (TPSA) is 72.5 Å². The molecule has 3 N–H and O–H groups in total. The van der Waals surface area contributed by atoms with Crippen LogP contribution in [0.3, 0.4) is 0 Å². The predicted molar refractivity (Wildman–Crippen MR) is 89.4 cm³/mol. The van der Waals surface area contributed by atoms with Crippen LogP contribution in [0.4, 0.5) is 0 Å². The first-order valence-electron chi connectivity index (χ1n) is 6.56. The van der Waals surface area contributed by atoms with E-state index in [9.17, 15) is 9.90 Å². The van der Waals surface area contributed by atoms with Crippen molar-refractivity contribution in [3.63, 3.8) is 0 Å². The second kappa shape index (κ2) is 7.13. The summed E-state index contributed by atoms with van der Waals surface area (Å²) in [6.07, 6.45) is 1.96. The molecule has 0 saturated carbocycles. The maximum atomic E-state index is 12.2. The fraction of sp³-hybridized carbons (Fsp3) is 0.533. The Balaban J connectivity index is 3.03. The summed E-state index contributed by atoms with van der Waals surface area (Å²) in [6, 6.07) is 7.17. The first-order chi connectivity index (χ1) is 9.61. The average Bonchev–Trinajstić information content (AvgIpc) is 2.37. The van der Waals surface area contributed by atoms with E-state index < -0.39 is 23.2 Å². The molecule has 0 aromatic heterocycles. The summed E-state index contributed by atoms with van der Waals surface area (Å²) in [4.78, 5) is 13.3. The molecule has 1 rings (SSSR count). The molecule has 1 aromatic rings. The van der Waals surface area contributed by atoms with Crippen molar-refractivity contribution in [3.8, 4) is 0 Å². The summed E-state index contributed by atoms with van der Waals surface area (Å²) in [7, 11) is 0. The Hall–Kier alpha value is -0.560. The van der Waals surface area contributed by atoms with Crippen LogP contribution in [0.15, 0.2) is 29.2 Å². The Morgan fingerprint density at radius 3 is 2.29 bits per heavy atom. The zero-order valence-corrected chi connectivity index (χ0v) is 15.1. The first-order valence-corrected chi connectivity index (χ1v) is 8.91. The fourth-order valence-corrected chi connectivity index (χ4v) is 2.96. The normalized spacial score (nSPS) is 16.1. The minimum atomic E-state index is -1.79. The number of alkyl halides is 1. The zero-order chi connectivity index (χ0) is 16.3. The smallest absolute Gasteiger partial charge is 0.315 e. The number of hydrogen-bond acceptors (Lipinski definition) is 5. The number of thioether (sulfide) groups is 1. The highest BCUT2D eigenvalue weighted by atomic mass is 79.9. The van der Waals surface area contributed by atoms with Gasteiger partial charge in [0.15, 0.2) is 5.72 Å². The number of halogens is 1.